The van der Waals surface area contributed by atoms with Crippen molar-refractivity contribution in [3.8, 4) is 0 Å². The molecule has 0 saturated heterocycles. The Morgan fingerprint density at radius 2 is 1.80 bits per heavy atom. The average molecular weight is 355 g/mol. The number of aromatic nitrogens is 1. The van der Waals surface area contributed by atoms with Crippen LogP contribution < -0.4 is 10.6 Å². The number of benzene rings is 1. The van der Waals surface area contributed by atoms with Crippen LogP contribution in [0.1, 0.15) is 30.6 Å². The van der Waals surface area contributed by atoms with Crippen molar-refractivity contribution in [1.82, 2.24) is 4.98 Å². The van der Waals surface area contributed by atoms with Crippen LogP contribution in [0.5, 0.6) is 0 Å². The van der Waals surface area contributed by atoms with Crippen molar-refractivity contribution < 1.29 is 9.59 Å². The van der Waals surface area contributed by atoms with Crippen LogP contribution in [0, 0.1) is 11.8 Å². The van der Waals surface area contributed by atoms with E-state index in [9.17, 15) is 9.59 Å². The molecule has 2 N–H and O–H groups in total. The van der Waals surface area contributed by atoms with Gasteiger partial charge in [0.05, 0.1) is 16.9 Å². The standard InChI is InChI=1S/C19H21N3O2S/c1-3-25-17-9-8-15(11-20-17)22-18(23)13-4-6-14(7-5-13)21-19(24)16-10-12(16)2/h4-9,11-12,16H,3,10H2,1-2H3,(H,21,24)(H,22,23). The van der Waals surface area contributed by atoms with E-state index in [-0.39, 0.29) is 17.7 Å². The van der Waals surface area contributed by atoms with E-state index in [0.717, 1.165) is 17.2 Å². The maximum Gasteiger partial charge on any atom is 0.255 e. The summed E-state index contributed by atoms with van der Waals surface area (Å²) < 4.78 is 0. The summed E-state index contributed by atoms with van der Waals surface area (Å²) in [5, 5.41) is 6.64. The van der Waals surface area contributed by atoms with Crippen LogP contribution in [0.15, 0.2) is 47.6 Å². The summed E-state index contributed by atoms with van der Waals surface area (Å²) in [6.45, 7) is 4.14. The van der Waals surface area contributed by atoms with Gasteiger partial charge in [-0.3, -0.25) is 9.59 Å². The summed E-state index contributed by atoms with van der Waals surface area (Å²) in [5.41, 5.74) is 1.90. The minimum absolute atomic E-state index is 0.0563. The van der Waals surface area contributed by atoms with Crippen LogP contribution in [0.25, 0.3) is 0 Å². The second-order valence-electron chi connectivity index (χ2n) is 6.16. The zero-order valence-corrected chi connectivity index (χ0v) is 15.1. The lowest BCUT2D eigenvalue weighted by molar-refractivity contribution is -0.117. The van der Waals surface area contributed by atoms with Gasteiger partial charge in [0.25, 0.3) is 5.91 Å². The van der Waals surface area contributed by atoms with Crippen molar-refractivity contribution in [1.29, 1.82) is 0 Å². The second-order valence-corrected chi connectivity index (χ2v) is 7.44. The molecule has 1 heterocycles. The molecule has 1 aliphatic rings. The Balaban J connectivity index is 1.57. The molecule has 25 heavy (non-hydrogen) atoms. The maximum absolute atomic E-state index is 12.3. The molecule has 2 aromatic rings. The molecule has 130 valence electrons. The summed E-state index contributed by atoms with van der Waals surface area (Å²) in [4.78, 5) is 28.5. The summed E-state index contributed by atoms with van der Waals surface area (Å²) in [6.07, 6.45) is 2.61. The fourth-order valence-corrected chi connectivity index (χ4v) is 3.11. The molecule has 1 aromatic heterocycles. The first-order valence-corrected chi connectivity index (χ1v) is 9.36. The molecule has 0 bridgehead atoms. The third-order valence-electron chi connectivity index (χ3n) is 4.15. The summed E-state index contributed by atoms with van der Waals surface area (Å²) in [7, 11) is 0. The van der Waals surface area contributed by atoms with Crippen molar-refractivity contribution in [2.24, 2.45) is 11.8 Å². The highest BCUT2D eigenvalue weighted by Crippen LogP contribution is 2.38. The molecule has 0 spiro atoms. The molecular formula is C19H21N3O2S. The number of nitrogens with zero attached hydrogens (tertiary/aromatic N) is 1. The van der Waals surface area contributed by atoms with Crippen molar-refractivity contribution in [3.63, 3.8) is 0 Å². The maximum atomic E-state index is 12.3. The van der Waals surface area contributed by atoms with E-state index >= 15 is 0 Å². The minimum atomic E-state index is -0.202. The molecule has 1 saturated carbocycles. The molecule has 1 aliphatic carbocycles. The lowest BCUT2D eigenvalue weighted by atomic mass is 10.2. The number of hydrogen-bond donors (Lipinski definition) is 2. The van der Waals surface area contributed by atoms with Gasteiger partial charge in [-0.15, -0.1) is 11.8 Å². The van der Waals surface area contributed by atoms with Crippen LogP contribution in [-0.2, 0) is 4.79 Å². The smallest absolute Gasteiger partial charge is 0.255 e. The van der Waals surface area contributed by atoms with Gasteiger partial charge < -0.3 is 10.6 Å². The van der Waals surface area contributed by atoms with Gasteiger partial charge in [0, 0.05) is 17.2 Å². The molecule has 6 heteroatoms. The topological polar surface area (TPSA) is 71.1 Å². The molecule has 2 atom stereocenters. The van der Waals surface area contributed by atoms with E-state index in [1.165, 1.54) is 0 Å². The Morgan fingerprint density at radius 1 is 1.12 bits per heavy atom. The zero-order chi connectivity index (χ0) is 17.8. The number of anilines is 2. The van der Waals surface area contributed by atoms with Gasteiger partial charge in [-0.05, 0) is 54.5 Å². The Morgan fingerprint density at radius 3 is 2.36 bits per heavy atom. The van der Waals surface area contributed by atoms with Crippen molar-refractivity contribution in [2.75, 3.05) is 16.4 Å². The number of rotatable bonds is 6. The highest BCUT2D eigenvalue weighted by Gasteiger charge is 2.39. The molecule has 3 rings (SSSR count). The number of pyridine rings is 1. The van der Waals surface area contributed by atoms with E-state index < -0.39 is 0 Å². The molecule has 5 nitrogen and oxygen atoms in total. The monoisotopic (exact) mass is 355 g/mol. The lowest BCUT2D eigenvalue weighted by Gasteiger charge is -2.08. The van der Waals surface area contributed by atoms with E-state index in [1.54, 1.807) is 42.2 Å². The molecule has 2 amide bonds. The quantitative estimate of drug-likeness (QED) is 0.767. The molecule has 0 radical (unpaired) electrons. The van der Waals surface area contributed by atoms with E-state index in [0.29, 0.717) is 22.9 Å². The van der Waals surface area contributed by atoms with Crippen molar-refractivity contribution in [3.05, 3.63) is 48.2 Å². The Kier molecular flexibility index (Phi) is 5.38. The fourth-order valence-electron chi connectivity index (χ4n) is 2.52. The fraction of sp³-hybridized carbons (Fsp3) is 0.316. The van der Waals surface area contributed by atoms with Gasteiger partial charge in [0.15, 0.2) is 0 Å². The summed E-state index contributed by atoms with van der Waals surface area (Å²) in [5.74, 6) is 1.42. The highest BCUT2D eigenvalue weighted by molar-refractivity contribution is 7.99. The number of carbonyl (C=O) groups excluding carboxylic acids is 2. The van der Waals surface area contributed by atoms with Crippen LogP contribution in [0.2, 0.25) is 0 Å². The number of thioether (sulfide) groups is 1. The van der Waals surface area contributed by atoms with Crippen molar-refractivity contribution >= 4 is 35.0 Å². The Labute approximate surface area is 151 Å². The zero-order valence-electron chi connectivity index (χ0n) is 14.3. The first-order chi connectivity index (χ1) is 12.1. The Hall–Kier alpha value is -2.34. The van der Waals surface area contributed by atoms with E-state index in [1.807, 2.05) is 12.1 Å². The average Bonchev–Trinajstić information content (AvgIpc) is 3.34. The largest absolute Gasteiger partial charge is 0.326 e. The van der Waals surface area contributed by atoms with E-state index in [4.69, 9.17) is 0 Å². The Bertz CT molecular complexity index is 759. The van der Waals surface area contributed by atoms with Gasteiger partial charge in [0.2, 0.25) is 5.91 Å². The van der Waals surface area contributed by atoms with Crippen LogP contribution in [0.3, 0.4) is 0 Å². The predicted octanol–water partition coefficient (Wildman–Crippen LogP) is 4.04. The molecule has 2 unspecified atom stereocenters. The number of amides is 2. The van der Waals surface area contributed by atoms with Gasteiger partial charge >= 0.3 is 0 Å². The van der Waals surface area contributed by atoms with E-state index in [2.05, 4.69) is 29.5 Å². The summed E-state index contributed by atoms with van der Waals surface area (Å²) in [6, 6.07) is 10.6. The van der Waals surface area contributed by atoms with Crippen LogP contribution >= 0.6 is 11.8 Å². The van der Waals surface area contributed by atoms with Gasteiger partial charge in [0.1, 0.15) is 0 Å². The molecule has 1 fully saturated rings. The SMILES string of the molecule is CCSc1ccc(NC(=O)c2ccc(NC(=O)C3CC3C)cc2)cn1. The molecular weight excluding hydrogens is 334 g/mol. The number of nitrogens with one attached hydrogen (secondary N) is 2. The lowest BCUT2D eigenvalue weighted by Crippen LogP contribution is -2.15. The first-order valence-electron chi connectivity index (χ1n) is 8.38. The molecule has 1 aromatic carbocycles. The highest BCUT2D eigenvalue weighted by atomic mass is 32.2. The normalized spacial score (nSPS) is 18.5. The van der Waals surface area contributed by atoms with Gasteiger partial charge in [-0.2, -0.15) is 0 Å². The number of carbonyl (C=O) groups is 2. The summed E-state index contributed by atoms with van der Waals surface area (Å²) >= 11 is 1.65. The number of hydrogen-bond acceptors (Lipinski definition) is 4. The third-order valence-corrected chi connectivity index (χ3v) is 4.97. The van der Waals surface area contributed by atoms with Crippen LogP contribution in [-0.4, -0.2) is 22.6 Å². The third kappa shape index (κ3) is 4.60. The minimum Gasteiger partial charge on any atom is -0.326 e. The van der Waals surface area contributed by atoms with Gasteiger partial charge in [-0.1, -0.05) is 13.8 Å². The first kappa shape index (κ1) is 17.5. The van der Waals surface area contributed by atoms with Crippen LogP contribution in [0.4, 0.5) is 11.4 Å². The van der Waals surface area contributed by atoms with Gasteiger partial charge in [-0.25, -0.2) is 4.98 Å². The predicted molar refractivity (Wildman–Crippen MR) is 101 cm³/mol. The van der Waals surface area contributed by atoms with Crippen molar-refractivity contribution in [2.45, 2.75) is 25.3 Å². The second kappa shape index (κ2) is 7.70. The molecule has 0 aliphatic heterocycles.